The molecule has 7 nitrogen and oxygen atoms in total. The fraction of sp³-hybridized carbons (Fsp3) is 0.414. The second kappa shape index (κ2) is 10.5. The van der Waals surface area contributed by atoms with Gasteiger partial charge in [-0.1, -0.05) is 12.1 Å². The smallest absolute Gasteiger partial charge is 0.411 e. The zero-order valence-corrected chi connectivity index (χ0v) is 20.9. The number of nitrogens with zero attached hydrogens (tertiary/aromatic N) is 1. The number of amides is 1. The molecule has 1 aromatic heterocycles. The third-order valence-electron chi connectivity index (χ3n) is 6.83. The lowest BCUT2D eigenvalue weighted by Crippen LogP contribution is -2.25. The average Bonchev–Trinajstić information content (AvgIpc) is 3.12. The van der Waals surface area contributed by atoms with Crippen molar-refractivity contribution in [2.45, 2.75) is 64.2 Å². The molecule has 0 spiro atoms. The molecule has 0 atom stereocenters. The van der Waals surface area contributed by atoms with Crippen molar-refractivity contribution in [2.75, 3.05) is 18.5 Å². The highest BCUT2D eigenvalue weighted by Gasteiger charge is 2.28. The number of hydrogen-bond acceptors (Lipinski definition) is 5. The van der Waals surface area contributed by atoms with E-state index >= 15 is 0 Å². The van der Waals surface area contributed by atoms with Crippen LogP contribution in [0.5, 0.6) is 5.75 Å². The molecule has 5 rings (SSSR count). The maximum atomic E-state index is 12.0. The first-order valence-electron chi connectivity index (χ1n) is 12.8. The molecule has 3 aromatic rings. The van der Waals surface area contributed by atoms with Crippen LogP contribution in [0, 0.1) is 12.0 Å². The fourth-order valence-electron chi connectivity index (χ4n) is 4.93. The second-order valence-electron chi connectivity index (χ2n) is 9.71. The standard InChI is InChI=1S/C29H33N3O4/c1-19(2)35-29(33)31-21-8-6-20(7-9-21)28-26(12-15-30)25-11-10-24(36-23-13-16-34-17-14-23)18-27(25)32(28)22-4-3-5-22/h6-11,18-19,22-23H,3-5,13-14,16-17,30H2,1-2H3,(H,31,33). The van der Waals surface area contributed by atoms with Crippen molar-refractivity contribution in [2.24, 2.45) is 5.73 Å². The molecular weight excluding hydrogens is 454 g/mol. The zero-order chi connectivity index (χ0) is 25.1. The summed E-state index contributed by atoms with van der Waals surface area (Å²) in [6.07, 6.45) is 4.79. The van der Waals surface area contributed by atoms with E-state index in [2.05, 4.69) is 34.0 Å². The number of ether oxygens (including phenoxy) is 3. The monoisotopic (exact) mass is 487 g/mol. The number of rotatable bonds is 6. The molecular formula is C29H33N3O4. The van der Waals surface area contributed by atoms with Crippen LogP contribution < -0.4 is 15.8 Å². The first kappa shape index (κ1) is 24.1. The third kappa shape index (κ3) is 5.00. The first-order valence-corrected chi connectivity index (χ1v) is 12.8. The Balaban J connectivity index is 1.54. The summed E-state index contributed by atoms with van der Waals surface area (Å²) in [7, 11) is 0. The summed E-state index contributed by atoms with van der Waals surface area (Å²) in [5, 5.41) is 3.85. The summed E-state index contributed by atoms with van der Waals surface area (Å²) in [4.78, 5) is 12.0. The largest absolute Gasteiger partial charge is 0.490 e. The Morgan fingerprint density at radius 2 is 1.86 bits per heavy atom. The summed E-state index contributed by atoms with van der Waals surface area (Å²) in [5.41, 5.74) is 10.5. The van der Waals surface area contributed by atoms with E-state index in [-0.39, 0.29) is 12.2 Å². The summed E-state index contributed by atoms with van der Waals surface area (Å²) >= 11 is 0. The van der Waals surface area contributed by atoms with Gasteiger partial charge in [-0.25, -0.2) is 4.79 Å². The van der Waals surface area contributed by atoms with E-state index in [0.29, 0.717) is 11.7 Å². The van der Waals surface area contributed by atoms with Crippen LogP contribution >= 0.6 is 0 Å². The Morgan fingerprint density at radius 3 is 2.50 bits per heavy atom. The Morgan fingerprint density at radius 1 is 1.11 bits per heavy atom. The minimum absolute atomic E-state index is 0.175. The highest BCUT2D eigenvalue weighted by molar-refractivity contribution is 5.96. The van der Waals surface area contributed by atoms with Crippen molar-refractivity contribution in [1.29, 1.82) is 0 Å². The SMILES string of the molecule is CC(C)OC(=O)Nc1ccc(-c2c(C#CN)c3ccc(OC4CCOCC4)cc3n2C2CCC2)cc1. The van der Waals surface area contributed by atoms with Crippen molar-refractivity contribution in [1.82, 2.24) is 4.57 Å². The van der Waals surface area contributed by atoms with Gasteiger partial charge in [-0.3, -0.25) is 5.32 Å². The van der Waals surface area contributed by atoms with E-state index in [1.807, 2.05) is 44.2 Å². The number of hydrogen-bond donors (Lipinski definition) is 2. The van der Waals surface area contributed by atoms with Gasteiger partial charge in [0.15, 0.2) is 0 Å². The fourth-order valence-corrected chi connectivity index (χ4v) is 4.93. The molecule has 2 aromatic carbocycles. The predicted octanol–water partition coefficient (Wildman–Crippen LogP) is 5.82. The molecule has 1 amide bonds. The minimum Gasteiger partial charge on any atom is -0.490 e. The van der Waals surface area contributed by atoms with Crippen LogP contribution in [0.25, 0.3) is 22.2 Å². The molecule has 0 radical (unpaired) electrons. The minimum atomic E-state index is -0.465. The van der Waals surface area contributed by atoms with E-state index in [1.54, 1.807) is 0 Å². The Kier molecular flexibility index (Phi) is 7.06. The number of nitrogens with one attached hydrogen (secondary N) is 1. The number of aromatic nitrogens is 1. The Hall–Kier alpha value is -3.63. The van der Waals surface area contributed by atoms with Gasteiger partial charge in [0.05, 0.1) is 36.1 Å². The van der Waals surface area contributed by atoms with Gasteiger partial charge in [-0.05, 0) is 68.9 Å². The predicted molar refractivity (Wildman–Crippen MR) is 141 cm³/mol. The summed E-state index contributed by atoms with van der Waals surface area (Å²) in [6.45, 7) is 5.13. The van der Waals surface area contributed by atoms with Crippen LogP contribution in [-0.2, 0) is 9.47 Å². The van der Waals surface area contributed by atoms with E-state index in [4.69, 9.17) is 19.9 Å². The lowest BCUT2D eigenvalue weighted by molar-refractivity contribution is 0.0256. The van der Waals surface area contributed by atoms with Crippen LogP contribution in [-0.4, -0.2) is 36.1 Å². The highest BCUT2D eigenvalue weighted by Crippen LogP contribution is 2.43. The quantitative estimate of drug-likeness (QED) is 0.338. The molecule has 0 unspecified atom stereocenters. The van der Waals surface area contributed by atoms with Crippen molar-refractivity contribution >= 4 is 22.7 Å². The van der Waals surface area contributed by atoms with E-state index in [0.717, 1.165) is 72.4 Å². The molecule has 2 aliphatic rings. The number of anilines is 1. The molecule has 1 saturated heterocycles. The molecule has 1 aliphatic carbocycles. The third-order valence-corrected chi connectivity index (χ3v) is 6.83. The highest BCUT2D eigenvalue weighted by atomic mass is 16.6. The zero-order valence-electron chi connectivity index (χ0n) is 20.9. The van der Waals surface area contributed by atoms with Gasteiger partial charge in [0.2, 0.25) is 0 Å². The second-order valence-corrected chi connectivity index (χ2v) is 9.71. The molecule has 36 heavy (non-hydrogen) atoms. The van der Waals surface area contributed by atoms with Crippen LogP contribution in [0.15, 0.2) is 42.5 Å². The molecule has 188 valence electrons. The number of fused-ring (bicyclic) bond motifs is 1. The van der Waals surface area contributed by atoms with Crippen molar-refractivity contribution in [3.05, 3.63) is 48.0 Å². The summed E-state index contributed by atoms with van der Waals surface area (Å²) in [6, 6.07) is 17.1. The summed E-state index contributed by atoms with van der Waals surface area (Å²) < 4.78 is 19.4. The maximum Gasteiger partial charge on any atom is 0.411 e. The van der Waals surface area contributed by atoms with Crippen molar-refractivity contribution in [3.63, 3.8) is 0 Å². The van der Waals surface area contributed by atoms with Crippen LogP contribution in [0.4, 0.5) is 10.5 Å². The Bertz CT molecular complexity index is 1290. The van der Waals surface area contributed by atoms with Crippen LogP contribution in [0.3, 0.4) is 0 Å². The van der Waals surface area contributed by atoms with Gasteiger partial charge in [-0.15, -0.1) is 0 Å². The number of nitrogens with two attached hydrogens (primary N) is 1. The van der Waals surface area contributed by atoms with Gasteiger partial charge < -0.3 is 24.5 Å². The van der Waals surface area contributed by atoms with Gasteiger partial charge >= 0.3 is 6.09 Å². The first-order chi connectivity index (χ1) is 17.5. The van der Waals surface area contributed by atoms with E-state index in [1.165, 1.54) is 6.42 Å². The number of carbonyl (C=O) groups excluding carboxylic acids is 1. The van der Waals surface area contributed by atoms with E-state index in [9.17, 15) is 4.79 Å². The molecule has 1 aliphatic heterocycles. The van der Waals surface area contributed by atoms with Gasteiger partial charge in [0, 0.05) is 42.1 Å². The lowest BCUT2D eigenvalue weighted by Gasteiger charge is -2.30. The van der Waals surface area contributed by atoms with Crippen molar-refractivity contribution in [3.8, 4) is 29.0 Å². The summed E-state index contributed by atoms with van der Waals surface area (Å²) in [5.74, 6) is 4.04. The molecule has 0 bridgehead atoms. The molecule has 2 heterocycles. The van der Waals surface area contributed by atoms with E-state index < -0.39 is 6.09 Å². The molecule has 3 N–H and O–H groups in total. The van der Waals surface area contributed by atoms with Gasteiger partial charge in [0.25, 0.3) is 0 Å². The molecule has 7 heteroatoms. The number of carbonyl (C=O) groups is 1. The van der Waals surface area contributed by atoms with Crippen molar-refractivity contribution < 1.29 is 19.0 Å². The van der Waals surface area contributed by atoms with Crippen LogP contribution in [0.1, 0.15) is 57.6 Å². The average molecular weight is 488 g/mol. The number of benzene rings is 2. The van der Waals surface area contributed by atoms with Gasteiger partial charge in [-0.2, -0.15) is 0 Å². The lowest BCUT2D eigenvalue weighted by atomic mass is 9.92. The van der Waals surface area contributed by atoms with Crippen LogP contribution in [0.2, 0.25) is 0 Å². The maximum absolute atomic E-state index is 12.0. The molecule has 2 fully saturated rings. The topological polar surface area (TPSA) is 87.7 Å². The van der Waals surface area contributed by atoms with Gasteiger partial charge in [0.1, 0.15) is 11.9 Å². The normalized spacial score (nSPS) is 16.3. The Labute approximate surface area is 211 Å². The molecule has 1 saturated carbocycles.